The topological polar surface area (TPSA) is 17.1 Å². The molecule has 0 N–H and O–H groups in total. The fraction of sp³-hybridized carbons (Fsp3) is 0.500. The van der Waals surface area contributed by atoms with Gasteiger partial charge in [0.1, 0.15) is 5.78 Å². The smallest absolute Gasteiger partial charge is 0.140 e. The summed E-state index contributed by atoms with van der Waals surface area (Å²) in [5, 5.41) is 1.17. The first kappa shape index (κ1) is 11.8. The van der Waals surface area contributed by atoms with Crippen LogP contribution in [0.15, 0.2) is 24.3 Å². The summed E-state index contributed by atoms with van der Waals surface area (Å²) in [6.07, 6.45) is 5.68. The molecule has 0 aliphatic heterocycles. The molecule has 1 atom stereocenters. The van der Waals surface area contributed by atoms with E-state index in [1.807, 2.05) is 0 Å². The van der Waals surface area contributed by atoms with E-state index >= 15 is 0 Å². The number of Topliss-reactive ketones (excluding diaryl/α,β-unsaturated/α-hetero) is 1. The molecule has 2 rings (SSSR count). The number of rotatable bonds is 2. The van der Waals surface area contributed by atoms with Crippen molar-refractivity contribution in [3.8, 4) is 0 Å². The van der Waals surface area contributed by atoms with E-state index in [2.05, 4.69) is 33.5 Å². The Bertz CT molecular complexity index is 391. The summed E-state index contributed by atoms with van der Waals surface area (Å²) in [5.74, 6) is 0.336. The molecule has 0 bridgehead atoms. The standard InChI is InChI=1S/C14H19OP/c1-11(15)14(8-3-2-4-9-14)12-6-5-7-13(16)10-12/h5-7,10H,2-4,8-9,16H2,1H3. The number of ketones is 1. The van der Waals surface area contributed by atoms with Gasteiger partial charge < -0.3 is 0 Å². The molecule has 0 spiro atoms. The van der Waals surface area contributed by atoms with Crippen LogP contribution in [0.25, 0.3) is 0 Å². The van der Waals surface area contributed by atoms with Gasteiger partial charge in [0.05, 0.1) is 5.41 Å². The van der Waals surface area contributed by atoms with Crippen molar-refractivity contribution in [2.45, 2.75) is 44.4 Å². The van der Waals surface area contributed by atoms with Crippen LogP contribution < -0.4 is 5.30 Å². The molecule has 0 amide bonds. The summed E-state index contributed by atoms with van der Waals surface area (Å²) in [7, 11) is 2.72. The molecule has 1 nitrogen and oxygen atoms in total. The molecule has 1 fully saturated rings. The lowest BCUT2D eigenvalue weighted by atomic mass is 9.67. The van der Waals surface area contributed by atoms with Gasteiger partial charge in [-0.25, -0.2) is 0 Å². The van der Waals surface area contributed by atoms with Gasteiger partial charge in [-0.05, 0) is 30.6 Å². The molecule has 1 aliphatic rings. The lowest BCUT2D eigenvalue weighted by molar-refractivity contribution is -0.123. The third kappa shape index (κ3) is 2.06. The van der Waals surface area contributed by atoms with Gasteiger partial charge in [-0.15, -0.1) is 9.24 Å². The highest BCUT2D eigenvalue weighted by Crippen LogP contribution is 2.39. The van der Waals surface area contributed by atoms with Gasteiger partial charge in [-0.1, -0.05) is 43.5 Å². The molecule has 1 aromatic rings. The molecule has 0 radical (unpaired) electrons. The predicted molar refractivity (Wildman–Crippen MR) is 71.2 cm³/mol. The Morgan fingerprint density at radius 3 is 2.50 bits per heavy atom. The van der Waals surface area contributed by atoms with Crippen LogP contribution in [0.2, 0.25) is 0 Å². The summed E-state index contributed by atoms with van der Waals surface area (Å²) in [4.78, 5) is 12.0. The van der Waals surface area contributed by atoms with E-state index < -0.39 is 0 Å². The third-order valence-corrected chi connectivity index (χ3v) is 4.18. The van der Waals surface area contributed by atoms with Gasteiger partial charge >= 0.3 is 0 Å². The number of hydrogen-bond donors (Lipinski definition) is 0. The zero-order chi connectivity index (χ0) is 11.6. The second kappa shape index (κ2) is 4.67. The number of carbonyl (C=O) groups is 1. The largest absolute Gasteiger partial charge is 0.299 e. The highest BCUT2D eigenvalue weighted by molar-refractivity contribution is 7.27. The van der Waals surface area contributed by atoms with Crippen LogP contribution in [0.1, 0.15) is 44.6 Å². The van der Waals surface area contributed by atoms with Crippen LogP contribution in [-0.2, 0) is 10.2 Å². The fourth-order valence-corrected chi connectivity index (χ4v) is 3.13. The van der Waals surface area contributed by atoms with Gasteiger partial charge in [0.15, 0.2) is 0 Å². The van der Waals surface area contributed by atoms with Crippen molar-refractivity contribution in [2.24, 2.45) is 0 Å². The highest BCUT2D eigenvalue weighted by Gasteiger charge is 2.38. The molecule has 0 heterocycles. The molecular formula is C14H19OP. The van der Waals surface area contributed by atoms with Crippen LogP contribution in [0.5, 0.6) is 0 Å². The van der Waals surface area contributed by atoms with Crippen molar-refractivity contribution in [2.75, 3.05) is 0 Å². The zero-order valence-corrected chi connectivity index (χ0v) is 11.0. The Balaban J connectivity index is 2.42. The molecule has 1 aliphatic carbocycles. The van der Waals surface area contributed by atoms with Crippen LogP contribution in [-0.4, -0.2) is 5.78 Å². The van der Waals surface area contributed by atoms with Crippen molar-refractivity contribution in [3.63, 3.8) is 0 Å². The Morgan fingerprint density at radius 1 is 1.25 bits per heavy atom. The average Bonchev–Trinajstić information content (AvgIpc) is 2.30. The van der Waals surface area contributed by atoms with Crippen molar-refractivity contribution in [3.05, 3.63) is 29.8 Å². The van der Waals surface area contributed by atoms with Crippen LogP contribution in [0.4, 0.5) is 0 Å². The predicted octanol–water partition coefficient (Wildman–Crippen LogP) is 2.98. The summed E-state index contributed by atoms with van der Waals surface area (Å²) < 4.78 is 0. The van der Waals surface area contributed by atoms with Crippen LogP contribution >= 0.6 is 9.24 Å². The van der Waals surface area contributed by atoms with E-state index in [1.165, 1.54) is 30.1 Å². The molecule has 16 heavy (non-hydrogen) atoms. The summed E-state index contributed by atoms with van der Waals surface area (Å²) >= 11 is 0. The molecule has 1 aromatic carbocycles. The zero-order valence-electron chi connectivity index (χ0n) is 9.83. The number of carbonyl (C=O) groups excluding carboxylic acids is 1. The van der Waals surface area contributed by atoms with E-state index in [4.69, 9.17) is 0 Å². The quantitative estimate of drug-likeness (QED) is 0.719. The van der Waals surface area contributed by atoms with Crippen molar-refractivity contribution >= 4 is 20.3 Å². The minimum Gasteiger partial charge on any atom is -0.299 e. The third-order valence-electron chi connectivity index (χ3n) is 3.82. The van der Waals surface area contributed by atoms with E-state index in [0.717, 1.165) is 12.8 Å². The van der Waals surface area contributed by atoms with Crippen molar-refractivity contribution in [1.29, 1.82) is 0 Å². The average molecular weight is 234 g/mol. The first-order chi connectivity index (χ1) is 7.65. The second-order valence-electron chi connectivity index (χ2n) is 4.82. The minimum absolute atomic E-state index is 0.190. The summed E-state index contributed by atoms with van der Waals surface area (Å²) in [5.41, 5.74) is 1.03. The molecule has 86 valence electrons. The molecule has 0 saturated heterocycles. The second-order valence-corrected chi connectivity index (χ2v) is 5.49. The maximum atomic E-state index is 12.0. The van der Waals surface area contributed by atoms with E-state index in [-0.39, 0.29) is 5.41 Å². The van der Waals surface area contributed by atoms with Crippen molar-refractivity contribution < 1.29 is 4.79 Å². The lowest BCUT2D eigenvalue weighted by Gasteiger charge is -2.35. The first-order valence-electron chi connectivity index (χ1n) is 6.02. The summed E-state index contributed by atoms with van der Waals surface area (Å²) in [6.45, 7) is 1.75. The maximum absolute atomic E-state index is 12.0. The van der Waals surface area contributed by atoms with E-state index in [0.29, 0.717) is 5.78 Å². The van der Waals surface area contributed by atoms with Crippen LogP contribution in [0.3, 0.4) is 0 Å². The number of hydrogen-bond acceptors (Lipinski definition) is 1. The maximum Gasteiger partial charge on any atom is 0.140 e. The molecule has 1 unspecified atom stereocenters. The highest BCUT2D eigenvalue weighted by atomic mass is 31.0. The van der Waals surface area contributed by atoms with Gasteiger partial charge in [-0.3, -0.25) is 4.79 Å². The van der Waals surface area contributed by atoms with E-state index in [1.54, 1.807) is 6.92 Å². The Hall–Kier alpha value is -0.680. The molecule has 0 aromatic heterocycles. The monoisotopic (exact) mass is 234 g/mol. The summed E-state index contributed by atoms with van der Waals surface area (Å²) in [6, 6.07) is 8.37. The molecular weight excluding hydrogens is 215 g/mol. The fourth-order valence-electron chi connectivity index (χ4n) is 2.84. The Morgan fingerprint density at radius 2 is 1.94 bits per heavy atom. The van der Waals surface area contributed by atoms with Gasteiger partial charge in [0.2, 0.25) is 0 Å². The SMILES string of the molecule is CC(=O)C1(c2cccc(P)c2)CCCCC1. The van der Waals surface area contributed by atoms with Gasteiger partial charge in [-0.2, -0.15) is 0 Å². The number of benzene rings is 1. The Kier molecular flexibility index (Phi) is 3.44. The van der Waals surface area contributed by atoms with Gasteiger partial charge in [0, 0.05) is 0 Å². The van der Waals surface area contributed by atoms with Crippen LogP contribution in [0, 0.1) is 0 Å². The van der Waals surface area contributed by atoms with Gasteiger partial charge in [0.25, 0.3) is 0 Å². The normalized spacial score (nSPS) is 19.4. The van der Waals surface area contributed by atoms with E-state index in [9.17, 15) is 4.79 Å². The Labute approximate surface area is 99.8 Å². The molecule has 2 heteroatoms. The molecule has 1 saturated carbocycles. The first-order valence-corrected chi connectivity index (χ1v) is 6.60. The lowest BCUT2D eigenvalue weighted by Crippen LogP contribution is -2.36. The van der Waals surface area contributed by atoms with Crippen molar-refractivity contribution in [1.82, 2.24) is 0 Å². The minimum atomic E-state index is -0.190.